The standard InChI is InChI=1S/C16H28N2O/c1-2-10-18(12-8-6-11(17)7-9-12)16(19)15-13-4-3-5-14(13)15/h11-15H,2-10,17H2,1H3. The first-order valence-electron chi connectivity index (χ1n) is 8.28. The average Bonchev–Trinajstić information content (AvgIpc) is 2.89. The largest absolute Gasteiger partial charge is 0.339 e. The molecule has 19 heavy (non-hydrogen) atoms. The molecule has 3 heteroatoms. The minimum Gasteiger partial charge on any atom is -0.339 e. The number of nitrogens with zero attached hydrogens (tertiary/aromatic N) is 1. The summed E-state index contributed by atoms with van der Waals surface area (Å²) in [6, 6.07) is 0.851. The third-order valence-electron chi connectivity index (χ3n) is 5.62. The number of hydrogen-bond donors (Lipinski definition) is 1. The van der Waals surface area contributed by atoms with E-state index < -0.39 is 0 Å². The SMILES string of the molecule is CCCN(C(=O)C1C2CCCC21)C1CCC(N)CC1. The topological polar surface area (TPSA) is 46.3 Å². The van der Waals surface area contributed by atoms with Crippen LogP contribution in [0.15, 0.2) is 0 Å². The molecule has 2 atom stereocenters. The van der Waals surface area contributed by atoms with Crippen molar-refractivity contribution >= 4 is 5.91 Å². The van der Waals surface area contributed by atoms with Crippen molar-refractivity contribution in [1.82, 2.24) is 4.90 Å². The Kier molecular flexibility index (Phi) is 3.84. The zero-order valence-corrected chi connectivity index (χ0v) is 12.2. The van der Waals surface area contributed by atoms with E-state index in [1.54, 1.807) is 0 Å². The molecule has 2 unspecified atom stereocenters. The molecule has 3 nitrogen and oxygen atoms in total. The summed E-state index contributed by atoms with van der Waals surface area (Å²) in [5, 5.41) is 0. The number of fused-ring (bicyclic) bond motifs is 1. The van der Waals surface area contributed by atoms with Crippen LogP contribution in [0, 0.1) is 17.8 Å². The van der Waals surface area contributed by atoms with Gasteiger partial charge in [-0.1, -0.05) is 13.3 Å². The van der Waals surface area contributed by atoms with Crippen LogP contribution in [0.5, 0.6) is 0 Å². The van der Waals surface area contributed by atoms with Gasteiger partial charge in [0, 0.05) is 24.5 Å². The average molecular weight is 264 g/mol. The molecule has 2 N–H and O–H groups in total. The third kappa shape index (κ3) is 2.54. The minimum absolute atomic E-state index is 0.370. The van der Waals surface area contributed by atoms with Gasteiger partial charge in [-0.2, -0.15) is 0 Å². The molecule has 3 fully saturated rings. The van der Waals surface area contributed by atoms with Gasteiger partial charge in [-0.3, -0.25) is 4.79 Å². The zero-order valence-electron chi connectivity index (χ0n) is 12.2. The first-order chi connectivity index (χ1) is 9.22. The van der Waals surface area contributed by atoms with E-state index in [1.807, 2.05) is 0 Å². The maximum absolute atomic E-state index is 12.8. The second kappa shape index (κ2) is 5.43. The van der Waals surface area contributed by atoms with Crippen LogP contribution in [-0.4, -0.2) is 29.4 Å². The van der Waals surface area contributed by atoms with Gasteiger partial charge in [0.05, 0.1) is 0 Å². The van der Waals surface area contributed by atoms with E-state index >= 15 is 0 Å². The maximum atomic E-state index is 12.8. The van der Waals surface area contributed by atoms with Crippen LogP contribution in [0.3, 0.4) is 0 Å². The number of amides is 1. The molecule has 108 valence electrons. The summed E-state index contributed by atoms with van der Waals surface area (Å²) in [5.41, 5.74) is 5.99. The highest BCUT2D eigenvalue weighted by Gasteiger charge is 2.57. The lowest BCUT2D eigenvalue weighted by Crippen LogP contribution is -2.45. The van der Waals surface area contributed by atoms with Crippen LogP contribution >= 0.6 is 0 Å². The number of nitrogens with two attached hydrogens (primary N) is 1. The van der Waals surface area contributed by atoms with Crippen molar-refractivity contribution in [2.45, 2.75) is 70.4 Å². The van der Waals surface area contributed by atoms with E-state index in [1.165, 1.54) is 19.3 Å². The molecule has 3 saturated carbocycles. The van der Waals surface area contributed by atoms with Crippen molar-refractivity contribution in [3.8, 4) is 0 Å². The van der Waals surface area contributed by atoms with E-state index in [-0.39, 0.29) is 0 Å². The molecule has 0 aromatic heterocycles. The number of carbonyl (C=O) groups is 1. The summed E-state index contributed by atoms with van der Waals surface area (Å²) in [6.07, 6.45) is 9.46. The predicted octanol–water partition coefficient (Wildman–Crippen LogP) is 2.54. The molecule has 3 aliphatic rings. The van der Waals surface area contributed by atoms with E-state index in [4.69, 9.17) is 5.73 Å². The van der Waals surface area contributed by atoms with Crippen LogP contribution in [0.1, 0.15) is 58.3 Å². The van der Waals surface area contributed by atoms with Crippen molar-refractivity contribution < 1.29 is 4.79 Å². The molecule has 0 spiro atoms. The molecule has 0 aromatic carbocycles. The fourth-order valence-corrected chi connectivity index (χ4v) is 4.51. The molecule has 0 bridgehead atoms. The van der Waals surface area contributed by atoms with Crippen LogP contribution in [0.25, 0.3) is 0 Å². The highest BCUT2D eigenvalue weighted by atomic mass is 16.2. The quantitative estimate of drug-likeness (QED) is 0.848. The first kappa shape index (κ1) is 13.4. The highest BCUT2D eigenvalue weighted by molar-refractivity contribution is 5.83. The van der Waals surface area contributed by atoms with Gasteiger partial charge in [0.15, 0.2) is 0 Å². The fourth-order valence-electron chi connectivity index (χ4n) is 4.51. The number of carbonyl (C=O) groups excluding carboxylic acids is 1. The first-order valence-corrected chi connectivity index (χ1v) is 8.28. The molecule has 0 radical (unpaired) electrons. The Morgan fingerprint density at radius 1 is 1.11 bits per heavy atom. The Morgan fingerprint density at radius 3 is 2.32 bits per heavy atom. The summed E-state index contributed by atoms with van der Waals surface area (Å²) >= 11 is 0. The third-order valence-corrected chi connectivity index (χ3v) is 5.62. The lowest BCUT2D eigenvalue weighted by Gasteiger charge is -2.36. The molecule has 0 aromatic rings. The van der Waals surface area contributed by atoms with Gasteiger partial charge >= 0.3 is 0 Å². The van der Waals surface area contributed by atoms with E-state index in [9.17, 15) is 4.79 Å². The van der Waals surface area contributed by atoms with Gasteiger partial charge in [0.1, 0.15) is 0 Å². The van der Waals surface area contributed by atoms with Gasteiger partial charge in [0.2, 0.25) is 5.91 Å². The molecule has 1 amide bonds. The Morgan fingerprint density at radius 2 is 1.74 bits per heavy atom. The van der Waals surface area contributed by atoms with Crippen LogP contribution in [0.2, 0.25) is 0 Å². The van der Waals surface area contributed by atoms with Crippen LogP contribution < -0.4 is 5.73 Å². The highest BCUT2D eigenvalue weighted by Crippen LogP contribution is 2.58. The van der Waals surface area contributed by atoms with E-state index in [2.05, 4.69) is 11.8 Å². The summed E-state index contributed by atoms with van der Waals surface area (Å²) in [7, 11) is 0. The molecule has 0 heterocycles. The zero-order chi connectivity index (χ0) is 13.4. The Balaban J connectivity index is 1.62. The normalized spacial score (nSPS) is 40.8. The molecule has 3 rings (SSSR count). The minimum atomic E-state index is 0.370. The Bertz CT molecular complexity index is 326. The predicted molar refractivity (Wildman–Crippen MR) is 76.6 cm³/mol. The van der Waals surface area contributed by atoms with E-state index in [0.717, 1.165) is 50.5 Å². The summed E-state index contributed by atoms with van der Waals surface area (Å²) in [4.78, 5) is 15.0. The van der Waals surface area contributed by atoms with Crippen molar-refractivity contribution in [3.05, 3.63) is 0 Å². The smallest absolute Gasteiger partial charge is 0.226 e. The van der Waals surface area contributed by atoms with Gasteiger partial charge < -0.3 is 10.6 Å². The number of rotatable bonds is 4. The monoisotopic (exact) mass is 264 g/mol. The molecule has 0 saturated heterocycles. The maximum Gasteiger partial charge on any atom is 0.226 e. The van der Waals surface area contributed by atoms with Gasteiger partial charge in [-0.25, -0.2) is 0 Å². The molecular formula is C16H28N2O. The van der Waals surface area contributed by atoms with Crippen molar-refractivity contribution in [3.63, 3.8) is 0 Å². The lowest BCUT2D eigenvalue weighted by molar-refractivity contribution is -0.136. The van der Waals surface area contributed by atoms with Crippen LogP contribution in [0.4, 0.5) is 0 Å². The lowest BCUT2D eigenvalue weighted by atomic mass is 9.90. The summed E-state index contributed by atoms with van der Waals surface area (Å²) in [5.74, 6) is 2.38. The van der Waals surface area contributed by atoms with Gasteiger partial charge in [-0.05, 0) is 56.8 Å². The van der Waals surface area contributed by atoms with Crippen molar-refractivity contribution in [1.29, 1.82) is 0 Å². The van der Waals surface area contributed by atoms with Gasteiger partial charge in [0.25, 0.3) is 0 Å². The summed E-state index contributed by atoms with van der Waals surface area (Å²) < 4.78 is 0. The molecule has 0 aliphatic heterocycles. The van der Waals surface area contributed by atoms with E-state index in [0.29, 0.717) is 23.9 Å². The molecular weight excluding hydrogens is 236 g/mol. The summed E-state index contributed by atoms with van der Waals surface area (Å²) in [6.45, 7) is 3.14. The fraction of sp³-hybridized carbons (Fsp3) is 0.938. The Hall–Kier alpha value is -0.570. The van der Waals surface area contributed by atoms with Gasteiger partial charge in [-0.15, -0.1) is 0 Å². The van der Waals surface area contributed by atoms with Crippen molar-refractivity contribution in [2.24, 2.45) is 23.5 Å². The molecule has 3 aliphatic carbocycles. The Labute approximate surface area is 116 Å². The second-order valence-corrected chi connectivity index (χ2v) is 6.88. The number of hydrogen-bond acceptors (Lipinski definition) is 2. The van der Waals surface area contributed by atoms with Crippen LogP contribution in [-0.2, 0) is 4.79 Å². The van der Waals surface area contributed by atoms with Crippen molar-refractivity contribution in [2.75, 3.05) is 6.54 Å². The second-order valence-electron chi connectivity index (χ2n) is 6.88.